The topological polar surface area (TPSA) is 4.93 Å². The van der Waals surface area contributed by atoms with Gasteiger partial charge in [-0.25, -0.2) is 0 Å². The van der Waals surface area contributed by atoms with E-state index in [1.807, 2.05) is 11.3 Å². The van der Waals surface area contributed by atoms with Crippen molar-refractivity contribution in [3.63, 3.8) is 0 Å². The normalized spacial score (nSPS) is 12.3. The number of para-hydroxylation sites is 1. The Balaban J connectivity index is 2.08. The van der Waals surface area contributed by atoms with Gasteiger partial charge in [-0.05, 0) is 23.6 Å². The van der Waals surface area contributed by atoms with Gasteiger partial charge in [-0.1, -0.05) is 56.3 Å². The van der Waals surface area contributed by atoms with E-state index in [9.17, 15) is 0 Å². The van der Waals surface area contributed by atoms with Crippen LogP contribution in [0, 0.1) is 0 Å². The first-order valence-corrected chi connectivity index (χ1v) is 9.29. The van der Waals surface area contributed by atoms with E-state index in [2.05, 4.69) is 80.1 Å². The lowest BCUT2D eigenvalue weighted by molar-refractivity contribution is 0.878. The fraction of sp³-hybridized carbons (Fsp3) is 0.182. The Morgan fingerprint density at radius 1 is 0.833 bits per heavy atom. The zero-order valence-electron chi connectivity index (χ0n) is 14.1. The average molecular weight is 329 g/mol. The summed E-state index contributed by atoms with van der Waals surface area (Å²) in [5.74, 6) is 0.546. The third-order valence-corrected chi connectivity index (χ3v) is 6.40. The maximum absolute atomic E-state index is 2.36. The predicted molar refractivity (Wildman–Crippen MR) is 107 cm³/mol. The molecule has 1 nitrogen and oxygen atoms in total. The first kappa shape index (κ1) is 14.1. The Kier molecular flexibility index (Phi) is 2.84. The van der Waals surface area contributed by atoms with Crippen LogP contribution in [0.1, 0.15) is 25.3 Å². The lowest BCUT2D eigenvalue weighted by Crippen LogP contribution is -1.88. The number of hydrogen-bond acceptors (Lipinski definition) is 1. The lowest BCUT2D eigenvalue weighted by atomic mass is 10.00. The molecule has 0 fully saturated rings. The zero-order chi connectivity index (χ0) is 16.4. The Morgan fingerprint density at radius 2 is 1.62 bits per heavy atom. The van der Waals surface area contributed by atoms with Crippen molar-refractivity contribution in [2.45, 2.75) is 19.8 Å². The Labute approximate surface area is 145 Å². The summed E-state index contributed by atoms with van der Waals surface area (Å²) in [5, 5.41) is 5.51. The third kappa shape index (κ3) is 1.69. The minimum Gasteiger partial charge on any atom is -0.343 e. The van der Waals surface area contributed by atoms with E-state index in [1.54, 1.807) is 0 Å². The number of thiophene rings is 1. The second-order valence-electron chi connectivity index (χ2n) is 6.89. The molecule has 5 aromatic rings. The van der Waals surface area contributed by atoms with Gasteiger partial charge in [0.1, 0.15) is 0 Å². The molecule has 0 atom stereocenters. The number of rotatable bonds is 1. The van der Waals surface area contributed by atoms with Crippen molar-refractivity contribution in [2.75, 3.05) is 0 Å². The summed E-state index contributed by atoms with van der Waals surface area (Å²) in [6, 6.07) is 20.1. The molecule has 2 heteroatoms. The molecule has 0 radical (unpaired) electrons. The van der Waals surface area contributed by atoms with Gasteiger partial charge in [-0.2, -0.15) is 0 Å². The molecule has 3 aromatic carbocycles. The molecule has 0 aliphatic carbocycles. The smallest absolute Gasteiger partial charge is 0.0583 e. The number of hydrogen-bond donors (Lipinski definition) is 0. The quantitative estimate of drug-likeness (QED) is 0.318. The molecule has 0 saturated heterocycles. The van der Waals surface area contributed by atoms with Gasteiger partial charge in [0.15, 0.2) is 0 Å². The summed E-state index contributed by atoms with van der Waals surface area (Å²) in [6.45, 7) is 4.57. The number of aryl methyl sites for hydroxylation is 1. The average Bonchev–Trinajstić information content (AvgIpc) is 3.11. The van der Waals surface area contributed by atoms with Gasteiger partial charge in [0.2, 0.25) is 0 Å². The number of fused-ring (bicyclic) bond motifs is 7. The second-order valence-corrected chi connectivity index (χ2v) is 7.94. The minimum absolute atomic E-state index is 0.546. The molecule has 24 heavy (non-hydrogen) atoms. The van der Waals surface area contributed by atoms with Crippen LogP contribution in [0.4, 0.5) is 0 Å². The first-order valence-electron chi connectivity index (χ1n) is 8.48. The van der Waals surface area contributed by atoms with Crippen molar-refractivity contribution in [2.24, 2.45) is 7.05 Å². The molecular weight excluding hydrogens is 310 g/mol. The molecule has 0 amide bonds. The zero-order valence-corrected chi connectivity index (χ0v) is 14.9. The van der Waals surface area contributed by atoms with Crippen molar-refractivity contribution < 1.29 is 0 Å². The van der Waals surface area contributed by atoms with Crippen LogP contribution in [0.15, 0.2) is 54.6 Å². The van der Waals surface area contributed by atoms with Crippen LogP contribution in [0.3, 0.4) is 0 Å². The predicted octanol–water partition coefficient (Wildman–Crippen LogP) is 6.82. The van der Waals surface area contributed by atoms with Crippen LogP contribution in [0.2, 0.25) is 0 Å². The first-order chi connectivity index (χ1) is 11.7. The molecule has 0 bridgehead atoms. The van der Waals surface area contributed by atoms with Gasteiger partial charge < -0.3 is 4.57 Å². The Bertz CT molecular complexity index is 1240. The highest BCUT2D eigenvalue weighted by molar-refractivity contribution is 7.26. The van der Waals surface area contributed by atoms with Crippen molar-refractivity contribution in [1.29, 1.82) is 0 Å². The van der Waals surface area contributed by atoms with Crippen LogP contribution in [0.5, 0.6) is 0 Å². The van der Waals surface area contributed by atoms with Gasteiger partial charge in [0.05, 0.1) is 5.52 Å². The molecule has 2 aromatic heterocycles. The van der Waals surface area contributed by atoms with Crippen LogP contribution < -0.4 is 0 Å². The highest BCUT2D eigenvalue weighted by Gasteiger charge is 2.16. The summed E-state index contributed by atoms with van der Waals surface area (Å²) < 4.78 is 5.19. The second kappa shape index (κ2) is 4.84. The van der Waals surface area contributed by atoms with Crippen molar-refractivity contribution in [3.05, 3.63) is 60.2 Å². The molecule has 0 spiro atoms. The van der Waals surface area contributed by atoms with Gasteiger partial charge >= 0.3 is 0 Å². The van der Waals surface area contributed by atoms with E-state index in [4.69, 9.17) is 0 Å². The Morgan fingerprint density at radius 3 is 2.46 bits per heavy atom. The number of aromatic nitrogens is 1. The van der Waals surface area contributed by atoms with E-state index >= 15 is 0 Å². The molecule has 118 valence electrons. The van der Waals surface area contributed by atoms with Crippen LogP contribution >= 0.6 is 11.3 Å². The van der Waals surface area contributed by atoms with Crippen molar-refractivity contribution >= 4 is 53.3 Å². The van der Waals surface area contributed by atoms with Gasteiger partial charge in [0, 0.05) is 43.5 Å². The molecular formula is C22H19NS. The Hall–Kier alpha value is -2.32. The van der Waals surface area contributed by atoms with E-state index in [0.29, 0.717) is 5.92 Å². The monoisotopic (exact) mass is 329 g/mol. The molecule has 5 rings (SSSR count). The molecule has 0 unspecified atom stereocenters. The van der Waals surface area contributed by atoms with Gasteiger partial charge in [0.25, 0.3) is 0 Å². The summed E-state index contributed by atoms with van der Waals surface area (Å²) in [7, 11) is 2.19. The number of nitrogens with zero attached hydrogens (tertiary/aromatic N) is 1. The van der Waals surface area contributed by atoms with E-state index in [1.165, 1.54) is 47.5 Å². The van der Waals surface area contributed by atoms with Crippen molar-refractivity contribution in [1.82, 2.24) is 4.57 Å². The van der Waals surface area contributed by atoms with Crippen LogP contribution in [0.25, 0.3) is 42.0 Å². The maximum atomic E-state index is 2.36. The molecule has 0 N–H and O–H groups in total. The van der Waals surface area contributed by atoms with E-state index in [-0.39, 0.29) is 0 Å². The van der Waals surface area contributed by atoms with Crippen molar-refractivity contribution in [3.8, 4) is 0 Å². The highest BCUT2D eigenvalue weighted by Crippen LogP contribution is 2.43. The van der Waals surface area contributed by atoms with Gasteiger partial charge in [-0.3, -0.25) is 0 Å². The molecule has 0 saturated carbocycles. The fourth-order valence-electron chi connectivity index (χ4n) is 4.03. The van der Waals surface area contributed by atoms with E-state index in [0.717, 1.165) is 0 Å². The standard InChI is InChI=1S/C22H19NS/c1-13(2)14-8-6-9-17-20-19(24-22(14)17)12-11-16-15-7-4-5-10-18(15)23(3)21(16)20/h4-13H,1-3H3. The molecule has 0 aliphatic rings. The highest BCUT2D eigenvalue weighted by atomic mass is 32.1. The van der Waals surface area contributed by atoms with Crippen LogP contribution in [-0.4, -0.2) is 4.57 Å². The summed E-state index contributed by atoms with van der Waals surface area (Å²) >= 11 is 1.94. The molecule has 2 heterocycles. The van der Waals surface area contributed by atoms with Gasteiger partial charge in [-0.15, -0.1) is 11.3 Å². The summed E-state index contributed by atoms with van der Waals surface area (Å²) in [4.78, 5) is 0. The van der Waals surface area contributed by atoms with E-state index < -0.39 is 0 Å². The minimum atomic E-state index is 0.546. The SMILES string of the molecule is CC(C)c1cccc2c1sc1ccc3c4ccccc4n(C)c3c12. The lowest BCUT2D eigenvalue weighted by Gasteiger charge is -2.06. The summed E-state index contributed by atoms with van der Waals surface area (Å²) in [6.07, 6.45) is 0. The fourth-order valence-corrected chi connectivity index (χ4v) is 5.39. The maximum Gasteiger partial charge on any atom is 0.0583 e. The summed E-state index contributed by atoms with van der Waals surface area (Å²) in [5.41, 5.74) is 4.13. The largest absolute Gasteiger partial charge is 0.343 e. The number of benzene rings is 3. The molecule has 0 aliphatic heterocycles. The van der Waals surface area contributed by atoms with Crippen LogP contribution in [-0.2, 0) is 7.05 Å². The third-order valence-electron chi connectivity index (χ3n) is 5.18.